The van der Waals surface area contributed by atoms with Crippen molar-refractivity contribution >= 4 is 11.6 Å². The summed E-state index contributed by atoms with van der Waals surface area (Å²) < 4.78 is 0. The Balaban J connectivity index is 1.62. The third kappa shape index (κ3) is 4.79. The Labute approximate surface area is 150 Å². The van der Waals surface area contributed by atoms with Gasteiger partial charge in [0.05, 0.1) is 5.71 Å². The smallest absolute Gasteiger partial charge is 0.243 e. The van der Waals surface area contributed by atoms with Crippen molar-refractivity contribution in [3.63, 3.8) is 0 Å². The number of rotatable bonds is 8. The number of amides is 1. The van der Waals surface area contributed by atoms with E-state index in [0.29, 0.717) is 5.92 Å². The van der Waals surface area contributed by atoms with E-state index in [1.54, 1.807) is 0 Å². The molecule has 1 fully saturated rings. The van der Waals surface area contributed by atoms with E-state index < -0.39 is 0 Å². The summed E-state index contributed by atoms with van der Waals surface area (Å²) in [5.74, 6) is 0.438. The van der Waals surface area contributed by atoms with Gasteiger partial charge >= 0.3 is 0 Å². The number of unbranched alkanes of at least 4 members (excludes halogenated alkanes) is 2. The molecule has 2 aromatic rings. The molecule has 3 nitrogen and oxygen atoms in total. The topological polar surface area (TPSA) is 41.5 Å². The lowest BCUT2D eigenvalue weighted by molar-refractivity contribution is -0.122. The minimum Gasteiger partial charge on any atom is -0.273 e. The van der Waals surface area contributed by atoms with Crippen molar-refractivity contribution in [2.45, 2.75) is 44.9 Å². The molecule has 2 atom stereocenters. The highest BCUT2D eigenvalue weighted by atomic mass is 16.2. The summed E-state index contributed by atoms with van der Waals surface area (Å²) >= 11 is 0. The summed E-state index contributed by atoms with van der Waals surface area (Å²) in [5, 5.41) is 4.47. The van der Waals surface area contributed by atoms with Crippen LogP contribution in [0.5, 0.6) is 0 Å². The van der Waals surface area contributed by atoms with Crippen LogP contribution >= 0.6 is 0 Å². The number of carbonyl (C=O) groups is 1. The highest BCUT2D eigenvalue weighted by Gasteiger charge is 2.43. The number of nitrogens with zero attached hydrogens (tertiary/aromatic N) is 1. The highest BCUT2D eigenvalue weighted by molar-refractivity contribution is 6.01. The van der Waals surface area contributed by atoms with E-state index in [4.69, 9.17) is 0 Å². The van der Waals surface area contributed by atoms with Crippen molar-refractivity contribution in [1.29, 1.82) is 0 Å². The Morgan fingerprint density at radius 2 is 1.72 bits per heavy atom. The standard InChI is InChI=1S/C22H26N2O/c1-2-3-6-15-21(18-13-9-5-10-14-18)23-24-22(25)20-16-19(20)17-11-7-4-8-12-17/h4-5,7-14,19-20H,2-3,6,15-16H2,1H3,(H,24,25)/b23-21+. The van der Waals surface area contributed by atoms with Gasteiger partial charge in [-0.15, -0.1) is 0 Å². The zero-order valence-corrected chi connectivity index (χ0v) is 14.8. The van der Waals surface area contributed by atoms with Gasteiger partial charge in [0.25, 0.3) is 0 Å². The molecule has 1 aliphatic carbocycles. The van der Waals surface area contributed by atoms with Crippen molar-refractivity contribution in [3.8, 4) is 0 Å². The maximum absolute atomic E-state index is 12.4. The minimum absolute atomic E-state index is 0.0396. The van der Waals surface area contributed by atoms with Gasteiger partial charge in [0.1, 0.15) is 0 Å². The minimum atomic E-state index is 0.0396. The first kappa shape index (κ1) is 17.4. The molecular weight excluding hydrogens is 308 g/mol. The predicted molar refractivity (Wildman–Crippen MR) is 103 cm³/mol. The fourth-order valence-electron chi connectivity index (χ4n) is 3.20. The molecule has 0 aliphatic heterocycles. The van der Waals surface area contributed by atoms with E-state index in [2.05, 4.69) is 41.7 Å². The van der Waals surface area contributed by atoms with Gasteiger partial charge in [-0.25, -0.2) is 5.43 Å². The van der Waals surface area contributed by atoms with E-state index >= 15 is 0 Å². The van der Waals surface area contributed by atoms with Crippen molar-refractivity contribution < 1.29 is 4.79 Å². The zero-order valence-electron chi connectivity index (χ0n) is 14.8. The molecule has 3 rings (SSSR count). The maximum Gasteiger partial charge on any atom is 0.243 e. The quantitative estimate of drug-likeness (QED) is 0.417. The van der Waals surface area contributed by atoms with Crippen LogP contribution < -0.4 is 5.43 Å². The van der Waals surface area contributed by atoms with Crippen LogP contribution in [0, 0.1) is 5.92 Å². The molecule has 1 amide bonds. The van der Waals surface area contributed by atoms with E-state index in [1.165, 1.54) is 18.4 Å². The molecule has 1 aliphatic rings. The molecule has 3 heteroatoms. The van der Waals surface area contributed by atoms with Crippen molar-refractivity contribution in [2.24, 2.45) is 11.0 Å². The number of hydrazone groups is 1. The van der Waals surface area contributed by atoms with E-state index in [1.807, 2.05) is 36.4 Å². The van der Waals surface area contributed by atoms with Crippen molar-refractivity contribution in [2.75, 3.05) is 0 Å². The summed E-state index contributed by atoms with van der Waals surface area (Å²) in [5.41, 5.74) is 6.13. The lowest BCUT2D eigenvalue weighted by Gasteiger charge is -2.07. The van der Waals surface area contributed by atoms with Crippen LogP contribution in [0.15, 0.2) is 65.8 Å². The fraction of sp³-hybridized carbons (Fsp3) is 0.364. The van der Waals surface area contributed by atoms with Gasteiger partial charge in [-0.05, 0) is 36.3 Å². The van der Waals surface area contributed by atoms with Gasteiger partial charge in [0, 0.05) is 5.92 Å². The molecule has 0 heterocycles. The molecule has 0 bridgehead atoms. The number of carbonyl (C=O) groups excluding carboxylic acids is 1. The molecule has 1 N–H and O–H groups in total. The summed E-state index contributed by atoms with van der Waals surface area (Å²) in [6, 6.07) is 20.4. The molecular formula is C22H26N2O. The predicted octanol–water partition coefficient (Wildman–Crippen LogP) is 4.89. The monoisotopic (exact) mass is 334 g/mol. The van der Waals surface area contributed by atoms with Crippen LogP contribution in [-0.4, -0.2) is 11.6 Å². The first-order valence-electron chi connectivity index (χ1n) is 9.26. The Kier molecular flexibility index (Phi) is 5.99. The average Bonchev–Trinajstić information content (AvgIpc) is 3.47. The second-order valence-electron chi connectivity index (χ2n) is 6.72. The van der Waals surface area contributed by atoms with Gasteiger partial charge in [-0.1, -0.05) is 80.4 Å². The summed E-state index contributed by atoms with van der Waals surface area (Å²) in [7, 11) is 0. The molecule has 2 unspecified atom stereocenters. The molecule has 130 valence electrons. The second-order valence-corrected chi connectivity index (χ2v) is 6.72. The summed E-state index contributed by atoms with van der Waals surface area (Å²) in [4.78, 5) is 12.4. The van der Waals surface area contributed by atoms with Gasteiger partial charge < -0.3 is 0 Å². The van der Waals surface area contributed by atoms with Crippen LogP contribution in [0.1, 0.15) is 56.1 Å². The number of benzene rings is 2. The molecule has 0 radical (unpaired) electrons. The Hall–Kier alpha value is -2.42. The first-order valence-corrected chi connectivity index (χ1v) is 9.26. The maximum atomic E-state index is 12.4. The van der Waals surface area contributed by atoms with Crippen LogP contribution in [-0.2, 0) is 4.79 Å². The van der Waals surface area contributed by atoms with Crippen LogP contribution in [0.2, 0.25) is 0 Å². The normalized spacial score (nSPS) is 19.5. The Bertz CT molecular complexity index is 709. The molecule has 0 aromatic heterocycles. The molecule has 0 spiro atoms. The van der Waals surface area contributed by atoms with Crippen molar-refractivity contribution in [1.82, 2.24) is 5.43 Å². The van der Waals surface area contributed by atoms with E-state index in [0.717, 1.165) is 30.5 Å². The van der Waals surface area contributed by atoms with Gasteiger partial charge in [-0.3, -0.25) is 4.79 Å². The first-order chi connectivity index (χ1) is 12.3. The van der Waals surface area contributed by atoms with Crippen LogP contribution in [0.4, 0.5) is 0 Å². The highest BCUT2D eigenvalue weighted by Crippen LogP contribution is 2.47. The lowest BCUT2D eigenvalue weighted by Crippen LogP contribution is -2.22. The molecule has 1 saturated carbocycles. The third-order valence-electron chi connectivity index (χ3n) is 4.78. The zero-order chi connectivity index (χ0) is 17.5. The molecule has 25 heavy (non-hydrogen) atoms. The summed E-state index contributed by atoms with van der Waals surface area (Å²) in [6.45, 7) is 2.19. The Morgan fingerprint density at radius 3 is 2.40 bits per heavy atom. The fourth-order valence-corrected chi connectivity index (χ4v) is 3.20. The molecule has 0 saturated heterocycles. The Morgan fingerprint density at radius 1 is 1.04 bits per heavy atom. The van der Waals surface area contributed by atoms with Gasteiger partial charge in [0.2, 0.25) is 5.91 Å². The van der Waals surface area contributed by atoms with E-state index in [9.17, 15) is 4.79 Å². The van der Waals surface area contributed by atoms with Crippen LogP contribution in [0.3, 0.4) is 0 Å². The number of hydrogen-bond donors (Lipinski definition) is 1. The number of nitrogens with one attached hydrogen (secondary N) is 1. The van der Waals surface area contributed by atoms with E-state index in [-0.39, 0.29) is 11.8 Å². The van der Waals surface area contributed by atoms with Crippen LogP contribution in [0.25, 0.3) is 0 Å². The largest absolute Gasteiger partial charge is 0.273 e. The van der Waals surface area contributed by atoms with Gasteiger partial charge in [0.15, 0.2) is 0 Å². The average molecular weight is 334 g/mol. The molecule has 2 aromatic carbocycles. The summed E-state index contributed by atoms with van der Waals surface area (Å²) in [6.07, 6.45) is 5.26. The third-order valence-corrected chi connectivity index (χ3v) is 4.78. The lowest BCUT2D eigenvalue weighted by atomic mass is 10.0. The SMILES string of the molecule is CCCCC/C(=N\NC(=O)C1CC1c1ccccc1)c1ccccc1. The second kappa shape index (κ2) is 8.61. The number of hydrogen-bond acceptors (Lipinski definition) is 2. The van der Waals surface area contributed by atoms with Gasteiger partial charge in [-0.2, -0.15) is 5.10 Å². The van der Waals surface area contributed by atoms with Crippen molar-refractivity contribution in [3.05, 3.63) is 71.8 Å².